The van der Waals surface area contributed by atoms with E-state index in [0.29, 0.717) is 12.1 Å². The van der Waals surface area contributed by atoms with Crippen molar-refractivity contribution < 1.29 is 53.8 Å². The normalized spacial score (nSPS) is 22.7. The van der Waals surface area contributed by atoms with Crippen molar-refractivity contribution in [1.82, 2.24) is 5.32 Å². The molecule has 3 rings (SSSR count). The molecule has 0 bridgehead atoms. The van der Waals surface area contributed by atoms with Crippen LogP contribution in [0.3, 0.4) is 0 Å². The average Bonchev–Trinajstić information content (AvgIpc) is 2.82. The number of aliphatic hydroxyl groups is 1. The number of benzene rings is 2. The molecule has 2 aromatic carbocycles. The lowest BCUT2D eigenvalue weighted by Crippen LogP contribution is -2.54. The predicted molar refractivity (Wildman–Crippen MR) is 134 cm³/mol. The summed E-state index contributed by atoms with van der Waals surface area (Å²) in [6, 6.07) is 5.71. The second kappa shape index (κ2) is 10.8. The zero-order chi connectivity index (χ0) is 31.2. The minimum absolute atomic E-state index is 0.0532. The molecule has 41 heavy (non-hydrogen) atoms. The van der Waals surface area contributed by atoms with E-state index >= 15 is 0 Å². The summed E-state index contributed by atoms with van der Waals surface area (Å²) in [7, 11) is -4.43. The minimum Gasteiger partial charge on any atom is -0.444 e. The average molecular weight is 614 g/mol. The molecule has 228 valence electrons. The lowest BCUT2D eigenvalue weighted by molar-refractivity contribution is -0.376. The number of rotatable bonds is 5. The third-order valence-corrected chi connectivity index (χ3v) is 9.72. The molecule has 0 aliphatic heterocycles. The lowest BCUT2D eigenvalue weighted by atomic mass is 9.74. The van der Waals surface area contributed by atoms with Crippen LogP contribution >= 0.6 is 0 Å². The van der Waals surface area contributed by atoms with E-state index in [0.717, 1.165) is 36.4 Å². The standard InChI is InChI=1S/C27H30F7NO5S/c1-16-15-24(41(38,39)20-11-9-19(28)10-12-20,14-13-21(16)35-22(36)40-23(2,3)4)17-5-7-18(8-6-17)25(37,26(29,30)31)27(32,33)34/h5-12,16,21,37H,13-15H2,1-4H3,(H,35,36)/t16-,21?,24-/m1/s1. The third kappa shape index (κ3) is 6.18. The smallest absolute Gasteiger partial charge is 0.430 e. The second-order valence-corrected chi connectivity index (χ2v) is 13.5. The van der Waals surface area contributed by atoms with Crippen molar-refractivity contribution in [3.63, 3.8) is 0 Å². The number of ether oxygens (including phenoxy) is 1. The monoisotopic (exact) mass is 613 g/mol. The summed E-state index contributed by atoms with van der Waals surface area (Å²) in [5.41, 5.74) is -7.67. The van der Waals surface area contributed by atoms with E-state index in [1.807, 2.05) is 0 Å². The van der Waals surface area contributed by atoms with Crippen molar-refractivity contribution >= 4 is 15.9 Å². The maximum atomic E-state index is 14.0. The molecule has 0 saturated heterocycles. The van der Waals surface area contributed by atoms with Gasteiger partial charge in [-0.05, 0) is 75.8 Å². The maximum Gasteiger partial charge on any atom is 0.430 e. The summed E-state index contributed by atoms with van der Waals surface area (Å²) in [6.07, 6.45) is -13.3. The molecule has 1 fully saturated rings. The lowest BCUT2D eigenvalue weighted by Gasteiger charge is -2.44. The van der Waals surface area contributed by atoms with E-state index < -0.39 is 67.6 Å². The molecule has 1 unspecified atom stereocenters. The van der Waals surface area contributed by atoms with Crippen LogP contribution in [0.2, 0.25) is 0 Å². The van der Waals surface area contributed by atoms with Gasteiger partial charge in [0.05, 0.1) is 4.90 Å². The van der Waals surface area contributed by atoms with Crippen molar-refractivity contribution in [3.05, 3.63) is 65.5 Å². The van der Waals surface area contributed by atoms with Gasteiger partial charge in [0.25, 0.3) is 5.60 Å². The van der Waals surface area contributed by atoms with E-state index in [1.54, 1.807) is 27.7 Å². The van der Waals surface area contributed by atoms with Crippen LogP contribution in [0.5, 0.6) is 0 Å². The van der Waals surface area contributed by atoms with Crippen molar-refractivity contribution in [2.45, 2.75) is 86.2 Å². The molecule has 0 heterocycles. The first kappa shape index (κ1) is 32.6. The Labute approximate surface area is 232 Å². The SMILES string of the molecule is C[C@@H]1C[C@](c2ccc(C(O)(C(F)(F)F)C(F)(F)F)cc2)(S(=O)(=O)c2ccc(F)cc2)CCC1NC(=O)OC(C)(C)C. The quantitative estimate of drug-likeness (QED) is 0.296. The zero-order valence-electron chi connectivity index (χ0n) is 22.5. The highest BCUT2D eigenvalue weighted by molar-refractivity contribution is 7.92. The van der Waals surface area contributed by atoms with Crippen LogP contribution in [0.15, 0.2) is 53.4 Å². The molecule has 2 N–H and O–H groups in total. The Morgan fingerprint density at radius 2 is 1.46 bits per heavy atom. The van der Waals surface area contributed by atoms with Gasteiger partial charge in [0.15, 0.2) is 9.84 Å². The number of alkyl carbamates (subject to hydrolysis) is 1. The number of carbonyl (C=O) groups is 1. The van der Waals surface area contributed by atoms with Gasteiger partial charge in [0.1, 0.15) is 16.2 Å². The molecule has 0 spiro atoms. The molecule has 1 amide bonds. The van der Waals surface area contributed by atoms with Crippen LogP contribution < -0.4 is 5.32 Å². The van der Waals surface area contributed by atoms with Gasteiger partial charge in [-0.3, -0.25) is 0 Å². The molecule has 0 radical (unpaired) electrons. The Hall–Kier alpha value is -2.87. The molecule has 2 aromatic rings. The van der Waals surface area contributed by atoms with Gasteiger partial charge in [-0.15, -0.1) is 0 Å². The van der Waals surface area contributed by atoms with Crippen LogP contribution in [-0.4, -0.2) is 43.6 Å². The molecular formula is C27H30F7NO5S. The summed E-state index contributed by atoms with van der Waals surface area (Å²) in [4.78, 5) is 12.0. The highest BCUT2D eigenvalue weighted by Gasteiger charge is 2.71. The number of nitrogens with one attached hydrogen (secondary N) is 1. The third-order valence-electron chi connectivity index (χ3n) is 7.19. The molecule has 3 atom stereocenters. The molecule has 1 saturated carbocycles. The first-order chi connectivity index (χ1) is 18.5. The van der Waals surface area contributed by atoms with Crippen LogP contribution in [0.25, 0.3) is 0 Å². The van der Waals surface area contributed by atoms with Gasteiger partial charge in [-0.2, -0.15) is 26.3 Å². The van der Waals surface area contributed by atoms with Crippen LogP contribution in [-0.2, 0) is 24.9 Å². The van der Waals surface area contributed by atoms with E-state index in [9.17, 15) is 49.1 Å². The molecule has 1 aliphatic carbocycles. The number of amides is 1. The Morgan fingerprint density at radius 3 is 1.90 bits per heavy atom. The van der Waals surface area contributed by atoms with Crippen molar-refractivity contribution in [3.8, 4) is 0 Å². The fraction of sp³-hybridized carbons (Fsp3) is 0.519. The van der Waals surface area contributed by atoms with Gasteiger partial charge >= 0.3 is 18.4 Å². The largest absolute Gasteiger partial charge is 0.444 e. The minimum atomic E-state index is -6.12. The fourth-order valence-electron chi connectivity index (χ4n) is 5.11. The van der Waals surface area contributed by atoms with Crippen molar-refractivity contribution in [2.75, 3.05) is 0 Å². The van der Waals surface area contributed by atoms with E-state index in [1.165, 1.54) is 0 Å². The Morgan fingerprint density at radius 1 is 0.951 bits per heavy atom. The number of carbonyl (C=O) groups excluding carboxylic acids is 1. The van der Waals surface area contributed by atoms with Crippen LogP contribution in [0, 0.1) is 11.7 Å². The fourth-order valence-corrected chi connectivity index (χ4v) is 7.38. The molecule has 6 nitrogen and oxygen atoms in total. The molecular weight excluding hydrogens is 583 g/mol. The molecule has 1 aliphatic rings. The Balaban J connectivity index is 2.10. The van der Waals surface area contributed by atoms with Gasteiger partial charge in [0.2, 0.25) is 0 Å². The van der Waals surface area contributed by atoms with Crippen LogP contribution in [0.1, 0.15) is 58.1 Å². The number of hydrogen-bond acceptors (Lipinski definition) is 5. The predicted octanol–water partition coefficient (Wildman–Crippen LogP) is 6.52. The summed E-state index contributed by atoms with van der Waals surface area (Å²) >= 11 is 0. The zero-order valence-corrected chi connectivity index (χ0v) is 23.3. The van der Waals surface area contributed by atoms with Gasteiger partial charge in [-0.25, -0.2) is 17.6 Å². The topological polar surface area (TPSA) is 92.7 Å². The number of alkyl halides is 6. The summed E-state index contributed by atoms with van der Waals surface area (Å²) < 4.78 is 126. The van der Waals surface area contributed by atoms with E-state index in [4.69, 9.17) is 4.74 Å². The van der Waals surface area contributed by atoms with E-state index in [2.05, 4.69) is 5.32 Å². The number of sulfone groups is 1. The molecule has 14 heteroatoms. The Kier molecular flexibility index (Phi) is 8.56. The summed E-state index contributed by atoms with van der Waals surface area (Å²) in [5, 5.41) is 12.5. The highest BCUT2D eigenvalue weighted by Crippen LogP contribution is 2.52. The number of hydrogen-bond donors (Lipinski definition) is 2. The van der Waals surface area contributed by atoms with Gasteiger partial charge < -0.3 is 15.2 Å². The van der Waals surface area contributed by atoms with Crippen molar-refractivity contribution in [1.29, 1.82) is 0 Å². The highest BCUT2D eigenvalue weighted by atomic mass is 32.2. The summed E-state index contributed by atoms with van der Waals surface area (Å²) in [6.45, 7) is 6.59. The summed E-state index contributed by atoms with van der Waals surface area (Å²) in [5.74, 6) is -1.28. The first-order valence-corrected chi connectivity index (χ1v) is 14.0. The Bertz CT molecular complexity index is 1340. The van der Waals surface area contributed by atoms with Gasteiger partial charge in [-0.1, -0.05) is 31.2 Å². The maximum absolute atomic E-state index is 14.0. The van der Waals surface area contributed by atoms with Gasteiger partial charge in [0, 0.05) is 11.6 Å². The molecule has 0 aromatic heterocycles. The second-order valence-electron chi connectivity index (χ2n) is 11.2. The van der Waals surface area contributed by atoms with Crippen molar-refractivity contribution in [2.24, 2.45) is 5.92 Å². The first-order valence-electron chi connectivity index (χ1n) is 12.5. The van der Waals surface area contributed by atoms with Crippen LogP contribution in [0.4, 0.5) is 35.5 Å². The number of halogens is 7. The van der Waals surface area contributed by atoms with E-state index in [-0.39, 0.29) is 29.7 Å².